The van der Waals surface area contributed by atoms with Crippen LogP contribution in [0, 0.1) is 5.92 Å². The van der Waals surface area contributed by atoms with Gasteiger partial charge in [-0.15, -0.1) is 0 Å². The molecular formula is C20H30N2O5S. The molecule has 2 aliphatic rings. The van der Waals surface area contributed by atoms with Gasteiger partial charge in [0.1, 0.15) is 13.2 Å². The summed E-state index contributed by atoms with van der Waals surface area (Å²) in [6.07, 6.45) is 4.83. The summed E-state index contributed by atoms with van der Waals surface area (Å²) in [6.45, 7) is 5.03. The monoisotopic (exact) mass is 410 g/mol. The van der Waals surface area contributed by atoms with Crippen LogP contribution in [0.1, 0.15) is 46.0 Å². The fourth-order valence-electron chi connectivity index (χ4n) is 3.52. The number of rotatable bonds is 8. The molecule has 1 N–H and O–H groups in total. The topological polar surface area (TPSA) is 84.9 Å². The van der Waals surface area contributed by atoms with Crippen LogP contribution >= 0.6 is 0 Å². The third-order valence-corrected chi connectivity index (χ3v) is 6.99. The number of amides is 1. The van der Waals surface area contributed by atoms with Crippen LogP contribution in [0.15, 0.2) is 23.1 Å². The van der Waals surface area contributed by atoms with Gasteiger partial charge in [-0.2, -0.15) is 4.31 Å². The smallest absolute Gasteiger partial charge is 0.243 e. The minimum atomic E-state index is -3.82. The highest BCUT2D eigenvalue weighted by molar-refractivity contribution is 7.89. The van der Waals surface area contributed by atoms with Crippen LogP contribution in [0.2, 0.25) is 0 Å². The van der Waals surface area contributed by atoms with Gasteiger partial charge >= 0.3 is 0 Å². The van der Waals surface area contributed by atoms with Crippen molar-refractivity contribution in [3.8, 4) is 11.5 Å². The molecule has 1 aliphatic carbocycles. The molecule has 3 rings (SSSR count). The molecule has 1 aromatic carbocycles. The number of benzene rings is 1. The van der Waals surface area contributed by atoms with Crippen molar-refractivity contribution in [2.75, 3.05) is 26.3 Å². The number of sulfonamides is 1. The summed E-state index contributed by atoms with van der Waals surface area (Å²) in [7, 11) is -3.82. The SMILES string of the molecule is CC(C)CCN(CC(=O)NC1CCCC1)S(=O)(=O)c1ccc2c(c1)OCCO2. The minimum Gasteiger partial charge on any atom is -0.486 e. The van der Waals surface area contributed by atoms with Crippen molar-refractivity contribution in [1.82, 2.24) is 9.62 Å². The van der Waals surface area contributed by atoms with Crippen molar-refractivity contribution in [1.29, 1.82) is 0 Å². The number of nitrogens with one attached hydrogen (secondary N) is 1. The standard InChI is InChI=1S/C20H30N2O5S/c1-15(2)9-10-22(14-20(23)21-16-5-3-4-6-16)28(24,25)17-7-8-18-19(13-17)27-12-11-26-18/h7-8,13,15-16H,3-6,9-12,14H2,1-2H3,(H,21,23). The Morgan fingerprint density at radius 1 is 1.18 bits per heavy atom. The summed E-state index contributed by atoms with van der Waals surface area (Å²) in [5.41, 5.74) is 0. The van der Waals surface area contributed by atoms with E-state index in [2.05, 4.69) is 5.32 Å². The minimum absolute atomic E-state index is 0.120. The third-order valence-electron chi connectivity index (χ3n) is 5.15. The number of hydrogen-bond acceptors (Lipinski definition) is 5. The van der Waals surface area contributed by atoms with Gasteiger partial charge in [0.25, 0.3) is 0 Å². The lowest BCUT2D eigenvalue weighted by Crippen LogP contribution is -2.44. The van der Waals surface area contributed by atoms with Gasteiger partial charge in [0.15, 0.2) is 11.5 Å². The number of nitrogens with zero attached hydrogens (tertiary/aromatic N) is 1. The molecule has 1 saturated carbocycles. The van der Waals surface area contributed by atoms with E-state index in [1.807, 2.05) is 13.8 Å². The molecule has 0 unspecified atom stereocenters. The highest BCUT2D eigenvalue weighted by atomic mass is 32.2. The lowest BCUT2D eigenvalue weighted by atomic mass is 10.1. The second kappa shape index (κ2) is 9.13. The Balaban J connectivity index is 1.77. The van der Waals surface area contributed by atoms with Crippen molar-refractivity contribution in [3.05, 3.63) is 18.2 Å². The first kappa shape index (κ1) is 20.9. The largest absolute Gasteiger partial charge is 0.486 e. The van der Waals surface area contributed by atoms with Crippen molar-refractivity contribution in [2.24, 2.45) is 5.92 Å². The molecule has 0 atom stereocenters. The Kier molecular flexibility index (Phi) is 6.82. The maximum Gasteiger partial charge on any atom is 0.243 e. The summed E-state index contributed by atoms with van der Waals surface area (Å²) >= 11 is 0. The number of hydrogen-bond donors (Lipinski definition) is 1. The third kappa shape index (κ3) is 5.17. The number of fused-ring (bicyclic) bond motifs is 1. The molecule has 156 valence electrons. The summed E-state index contributed by atoms with van der Waals surface area (Å²) < 4.78 is 38.8. The van der Waals surface area contributed by atoms with Crippen molar-refractivity contribution >= 4 is 15.9 Å². The lowest BCUT2D eigenvalue weighted by molar-refractivity contribution is -0.122. The molecule has 0 radical (unpaired) electrons. The molecule has 1 aromatic rings. The molecule has 0 bridgehead atoms. The van der Waals surface area contributed by atoms with Gasteiger partial charge in [0.2, 0.25) is 15.9 Å². The van der Waals surface area contributed by atoms with Crippen LogP contribution in [-0.4, -0.2) is 51.0 Å². The maximum atomic E-state index is 13.3. The summed E-state index contributed by atoms with van der Waals surface area (Å²) in [5.74, 6) is 1.05. The second-order valence-corrected chi connectivity index (χ2v) is 9.81. The lowest BCUT2D eigenvalue weighted by Gasteiger charge is -2.25. The second-order valence-electron chi connectivity index (χ2n) is 7.88. The average Bonchev–Trinajstić information content (AvgIpc) is 3.17. The van der Waals surface area contributed by atoms with Gasteiger partial charge in [-0.05, 0) is 37.3 Å². The van der Waals surface area contributed by atoms with E-state index in [0.717, 1.165) is 25.7 Å². The predicted molar refractivity (Wildman–Crippen MR) is 106 cm³/mol. The van der Waals surface area contributed by atoms with Crippen molar-refractivity contribution in [2.45, 2.75) is 56.9 Å². The van der Waals surface area contributed by atoms with Crippen LogP contribution < -0.4 is 14.8 Å². The average molecular weight is 411 g/mol. The zero-order valence-electron chi connectivity index (χ0n) is 16.6. The molecule has 0 saturated heterocycles. The number of ether oxygens (including phenoxy) is 2. The maximum absolute atomic E-state index is 13.3. The molecule has 0 spiro atoms. The fourth-order valence-corrected chi connectivity index (χ4v) is 4.95. The predicted octanol–water partition coefficient (Wildman–Crippen LogP) is 2.55. The van der Waals surface area contributed by atoms with Crippen molar-refractivity contribution < 1.29 is 22.7 Å². The summed E-state index contributed by atoms with van der Waals surface area (Å²) in [5, 5.41) is 2.98. The van der Waals surface area contributed by atoms with Crippen LogP contribution in [0.25, 0.3) is 0 Å². The summed E-state index contributed by atoms with van der Waals surface area (Å²) in [4.78, 5) is 12.6. The molecule has 1 aliphatic heterocycles. The van der Waals surface area contributed by atoms with Crippen LogP contribution in [0.3, 0.4) is 0 Å². The van der Waals surface area contributed by atoms with Crippen LogP contribution in [0.5, 0.6) is 11.5 Å². The van der Waals surface area contributed by atoms with E-state index in [1.54, 1.807) is 6.07 Å². The van der Waals surface area contributed by atoms with E-state index < -0.39 is 10.0 Å². The number of carbonyl (C=O) groups is 1. The first-order chi connectivity index (χ1) is 13.4. The molecule has 8 heteroatoms. The molecule has 7 nitrogen and oxygen atoms in total. The zero-order chi connectivity index (χ0) is 20.1. The normalized spacial score (nSPS) is 17.3. The number of carbonyl (C=O) groups excluding carboxylic acids is 1. The van der Waals surface area contributed by atoms with E-state index >= 15 is 0 Å². The van der Waals surface area contributed by atoms with Gasteiger partial charge in [0.05, 0.1) is 11.4 Å². The molecule has 1 fully saturated rings. The van der Waals surface area contributed by atoms with E-state index in [0.29, 0.717) is 43.6 Å². The highest BCUT2D eigenvalue weighted by Crippen LogP contribution is 2.33. The van der Waals surface area contributed by atoms with E-state index in [4.69, 9.17) is 9.47 Å². The van der Waals surface area contributed by atoms with Gasteiger partial charge in [0, 0.05) is 18.7 Å². The first-order valence-corrected chi connectivity index (χ1v) is 11.5. The van der Waals surface area contributed by atoms with Crippen LogP contribution in [0.4, 0.5) is 0 Å². The Hall–Kier alpha value is -1.80. The fraction of sp³-hybridized carbons (Fsp3) is 0.650. The Labute approximate surface area is 167 Å². The van der Waals surface area contributed by atoms with Gasteiger partial charge in [-0.3, -0.25) is 4.79 Å². The quantitative estimate of drug-likeness (QED) is 0.712. The molecule has 1 heterocycles. The highest BCUT2D eigenvalue weighted by Gasteiger charge is 2.29. The molecule has 0 aromatic heterocycles. The first-order valence-electron chi connectivity index (χ1n) is 10.1. The zero-order valence-corrected chi connectivity index (χ0v) is 17.5. The van der Waals surface area contributed by atoms with E-state index in [9.17, 15) is 13.2 Å². The Morgan fingerprint density at radius 3 is 2.54 bits per heavy atom. The van der Waals surface area contributed by atoms with E-state index in [-0.39, 0.29) is 23.4 Å². The van der Waals surface area contributed by atoms with Gasteiger partial charge < -0.3 is 14.8 Å². The van der Waals surface area contributed by atoms with Crippen LogP contribution in [-0.2, 0) is 14.8 Å². The van der Waals surface area contributed by atoms with E-state index in [1.165, 1.54) is 16.4 Å². The molecular weight excluding hydrogens is 380 g/mol. The van der Waals surface area contributed by atoms with Gasteiger partial charge in [-0.25, -0.2) is 8.42 Å². The summed E-state index contributed by atoms with van der Waals surface area (Å²) in [6, 6.07) is 4.78. The Morgan fingerprint density at radius 2 is 1.86 bits per heavy atom. The van der Waals surface area contributed by atoms with Gasteiger partial charge in [-0.1, -0.05) is 26.7 Å². The Bertz CT molecular complexity index is 788. The van der Waals surface area contributed by atoms with Crippen molar-refractivity contribution in [3.63, 3.8) is 0 Å². The molecule has 28 heavy (non-hydrogen) atoms. The molecule has 1 amide bonds.